The molecule has 128 valence electrons. The molecule has 2 aliphatic rings. The van der Waals surface area contributed by atoms with Gasteiger partial charge in [0.1, 0.15) is 12.6 Å². The highest BCUT2D eigenvalue weighted by atomic mass is 16.2. The number of hydrogen-bond donors (Lipinski definition) is 1. The Morgan fingerprint density at radius 1 is 1.25 bits per heavy atom. The molecule has 0 radical (unpaired) electrons. The van der Waals surface area contributed by atoms with Crippen LogP contribution < -0.4 is 10.2 Å². The van der Waals surface area contributed by atoms with E-state index in [-0.39, 0.29) is 29.8 Å². The number of para-hydroxylation sites is 1. The lowest BCUT2D eigenvalue weighted by Gasteiger charge is -2.27. The van der Waals surface area contributed by atoms with Gasteiger partial charge in [0, 0.05) is 12.1 Å². The summed E-state index contributed by atoms with van der Waals surface area (Å²) in [6.45, 7) is 6.19. The number of carbonyl (C=O) groups excluding carboxylic acids is 3. The van der Waals surface area contributed by atoms with Crippen LogP contribution in [0.4, 0.5) is 5.69 Å². The number of anilines is 1. The van der Waals surface area contributed by atoms with Gasteiger partial charge in [-0.3, -0.25) is 14.4 Å². The molecule has 1 N–H and O–H groups in total. The summed E-state index contributed by atoms with van der Waals surface area (Å²) in [5, 5.41) is 2.88. The first-order valence-corrected chi connectivity index (χ1v) is 8.30. The summed E-state index contributed by atoms with van der Waals surface area (Å²) in [6, 6.07) is 6.56. The molecular weight excluding hydrogens is 306 g/mol. The molecule has 6 nitrogen and oxygen atoms in total. The minimum absolute atomic E-state index is 0.0786. The molecule has 0 saturated carbocycles. The third-order valence-electron chi connectivity index (χ3n) is 4.31. The molecule has 1 atom stereocenters. The Morgan fingerprint density at radius 2 is 1.96 bits per heavy atom. The van der Waals surface area contributed by atoms with Crippen LogP contribution >= 0.6 is 0 Å². The minimum atomic E-state index is -0.465. The third-order valence-corrected chi connectivity index (χ3v) is 4.31. The van der Waals surface area contributed by atoms with Crippen LogP contribution in [0.3, 0.4) is 0 Å². The summed E-state index contributed by atoms with van der Waals surface area (Å²) < 4.78 is 0. The topological polar surface area (TPSA) is 69.7 Å². The molecule has 0 spiro atoms. The zero-order chi connectivity index (χ0) is 17.5. The molecule has 24 heavy (non-hydrogen) atoms. The molecule has 1 aromatic rings. The summed E-state index contributed by atoms with van der Waals surface area (Å²) in [6.07, 6.45) is 1.46. The van der Waals surface area contributed by atoms with Crippen molar-refractivity contribution in [2.75, 3.05) is 18.0 Å². The Hall–Kier alpha value is -2.37. The zero-order valence-electron chi connectivity index (χ0n) is 14.3. The summed E-state index contributed by atoms with van der Waals surface area (Å²) in [5.41, 5.74) is 0.630. The molecule has 0 aromatic heterocycles. The Balaban J connectivity index is 1.97. The van der Waals surface area contributed by atoms with Crippen molar-refractivity contribution < 1.29 is 14.4 Å². The fourth-order valence-electron chi connectivity index (χ4n) is 3.37. The minimum Gasteiger partial charge on any atom is -0.350 e. The van der Waals surface area contributed by atoms with Gasteiger partial charge in [-0.1, -0.05) is 12.1 Å². The van der Waals surface area contributed by atoms with E-state index in [1.54, 1.807) is 29.2 Å². The predicted octanol–water partition coefficient (Wildman–Crippen LogP) is 1.55. The summed E-state index contributed by atoms with van der Waals surface area (Å²) in [4.78, 5) is 41.2. The van der Waals surface area contributed by atoms with Crippen molar-refractivity contribution in [2.24, 2.45) is 0 Å². The molecule has 0 unspecified atom stereocenters. The second-order valence-electron chi connectivity index (χ2n) is 7.40. The van der Waals surface area contributed by atoms with Crippen molar-refractivity contribution in [3.63, 3.8) is 0 Å². The number of benzene rings is 1. The van der Waals surface area contributed by atoms with Gasteiger partial charge in [-0.2, -0.15) is 0 Å². The van der Waals surface area contributed by atoms with Gasteiger partial charge in [0.2, 0.25) is 11.8 Å². The molecule has 1 saturated heterocycles. The Kier molecular flexibility index (Phi) is 4.07. The average molecular weight is 329 g/mol. The van der Waals surface area contributed by atoms with E-state index in [9.17, 15) is 14.4 Å². The molecule has 0 aliphatic carbocycles. The number of carbonyl (C=O) groups is 3. The van der Waals surface area contributed by atoms with Crippen molar-refractivity contribution in [2.45, 2.75) is 45.2 Å². The molecule has 3 rings (SSSR count). The number of fused-ring (bicyclic) bond motifs is 2. The van der Waals surface area contributed by atoms with Crippen molar-refractivity contribution in [1.29, 1.82) is 0 Å². The van der Waals surface area contributed by atoms with E-state index in [2.05, 4.69) is 5.32 Å². The first-order chi connectivity index (χ1) is 11.3. The Morgan fingerprint density at radius 3 is 2.67 bits per heavy atom. The van der Waals surface area contributed by atoms with Crippen LogP contribution in [-0.4, -0.2) is 47.3 Å². The van der Waals surface area contributed by atoms with Crippen molar-refractivity contribution in [3.8, 4) is 0 Å². The normalized spacial score (nSPS) is 20.5. The van der Waals surface area contributed by atoms with E-state index in [1.807, 2.05) is 20.8 Å². The molecule has 0 bridgehead atoms. The molecule has 1 aromatic carbocycles. The van der Waals surface area contributed by atoms with Crippen LogP contribution in [0, 0.1) is 0 Å². The number of hydrogen-bond acceptors (Lipinski definition) is 3. The fourth-order valence-corrected chi connectivity index (χ4v) is 3.37. The maximum atomic E-state index is 13.0. The van der Waals surface area contributed by atoms with Gasteiger partial charge in [-0.25, -0.2) is 0 Å². The van der Waals surface area contributed by atoms with Crippen LogP contribution in [0.25, 0.3) is 0 Å². The number of amides is 3. The van der Waals surface area contributed by atoms with Crippen LogP contribution in [-0.2, 0) is 9.59 Å². The SMILES string of the molecule is CC(C)(C)NC(=O)CN1C(=O)[C@H]2CCCN2C(=O)c2ccccc21. The van der Waals surface area contributed by atoms with Gasteiger partial charge in [0.25, 0.3) is 5.91 Å². The molecule has 3 amide bonds. The lowest BCUT2D eigenvalue weighted by molar-refractivity contribution is -0.126. The van der Waals surface area contributed by atoms with Crippen LogP contribution in [0.2, 0.25) is 0 Å². The molecule has 6 heteroatoms. The maximum absolute atomic E-state index is 13.0. The van der Waals surface area contributed by atoms with Gasteiger partial charge < -0.3 is 15.1 Å². The number of nitrogens with one attached hydrogen (secondary N) is 1. The van der Waals surface area contributed by atoms with E-state index in [1.165, 1.54) is 4.90 Å². The average Bonchev–Trinajstić information content (AvgIpc) is 2.96. The Bertz CT molecular complexity index is 693. The van der Waals surface area contributed by atoms with E-state index in [0.717, 1.165) is 6.42 Å². The van der Waals surface area contributed by atoms with Crippen LogP contribution in [0.5, 0.6) is 0 Å². The van der Waals surface area contributed by atoms with Gasteiger partial charge in [-0.05, 0) is 45.7 Å². The van der Waals surface area contributed by atoms with E-state index >= 15 is 0 Å². The van der Waals surface area contributed by atoms with E-state index < -0.39 is 6.04 Å². The van der Waals surface area contributed by atoms with E-state index in [0.29, 0.717) is 24.2 Å². The van der Waals surface area contributed by atoms with Crippen molar-refractivity contribution in [1.82, 2.24) is 10.2 Å². The lowest BCUT2D eigenvalue weighted by Crippen LogP contribution is -2.50. The lowest BCUT2D eigenvalue weighted by atomic mass is 10.1. The fraction of sp³-hybridized carbons (Fsp3) is 0.500. The Labute approximate surface area is 141 Å². The molecule has 2 aliphatic heterocycles. The quantitative estimate of drug-likeness (QED) is 0.895. The predicted molar refractivity (Wildman–Crippen MR) is 90.7 cm³/mol. The van der Waals surface area contributed by atoms with Crippen molar-refractivity contribution >= 4 is 23.4 Å². The van der Waals surface area contributed by atoms with E-state index in [4.69, 9.17) is 0 Å². The molecular formula is C18H23N3O3. The smallest absolute Gasteiger partial charge is 0.256 e. The molecule has 2 heterocycles. The number of rotatable bonds is 2. The van der Waals surface area contributed by atoms with Gasteiger partial charge >= 0.3 is 0 Å². The largest absolute Gasteiger partial charge is 0.350 e. The highest BCUT2D eigenvalue weighted by Crippen LogP contribution is 2.32. The van der Waals surface area contributed by atoms with Crippen LogP contribution in [0.15, 0.2) is 24.3 Å². The maximum Gasteiger partial charge on any atom is 0.256 e. The van der Waals surface area contributed by atoms with Crippen molar-refractivity contribution in [3.05, 3.63) is 29.8 Å². The molecule has 1 fully saturated rings. The summed E-state index contributed by atoms with van der Waals surface area (Å²) in [5.74, 6) is -0.528. The second-order valence-corrected chi connectivity index (χ2v) is 7.40. The standard InChI is InChI=1S/C18H23N3O3/c1-18(2,3)19-15(22)11-21-13-8-5-4-7-12(13)16(23)20-10-6-9-14(20)17(21)24/h4-5,7-8,14H,6,9-11H2,1-3H3,(H,19,22)/t14-/m1/s1. The van der Waals surface area contributed by atoms with Gasteiger partial charge in [0.15, 0.2) is 0 Å². The summed E-state index contributed by atoms with van der Waals surface area (Å²) in [7, 11) is 0. The van der Waals surface area contributed by atoms with Crippen LogP contribution in [0.1, 0.15) is 44.0 Å². The van der Waals surface area contributed by atoms with Gasteiger partial charge in [-0.15, -0.1) is 0 Å². The highest BCUT2D eigenvalue weighted by molar-refractivity contribution is 6.12. The van der Waals surface area contributed by atoms with Gasteiger partial charge in [0.05, 0.1) is 11.3 Å². The first kappa shape index (κ1) is 16.5. The zero-order valence-corrected chi connectivity index (χ0v) is 14.3. The summed E-state index contributed by atoms with van der Waals surface area (Å²) >= 11 is 0. The monoisotopic (exact) mass is 329 g/mol. The number of nitrogens with zero attached hydrogens (tertiary/aromatic N) is 2. The first-order valence-electron chi connectivity index (χ1n) is 8.30. The highest BCUT2D eigenvalue weighted by Gasteiger charge is 2.42. The second kappa shape index (κ2) is 5.92. The third kappa shape index (κ3) is 3.00.